The number of alkyl carbamates (subject to hydrolysis) is 1. The maximum atomic E-state index is 13.8. The fourth-order valence-electron chi connectivity index (χ4n) is 4.43. The van der Waals surface area contributed by atoms with Crippen molar-refractivity contribution in [2.24, 2.45) is 5.92 Å². The van der Waals surface area contributed by atoms with E-state index >= 15 is 0 Å². The summed E-state index contributed by atoms with van der Waals surface area (Å²) < 4.78 is 10.6. The third-order valence-electron chi connectivity index (χ3n) is 6.69. The highest BCUT2D eigenvalue weighted by Gasteiger charge is 2.35. The van der Waals surface area contributed by atoms with Gasteiger partial charge in [0.15, 0.2) is 0 Å². The lowest BCUT2D eigenvalue weighted by Gasteiger charge is -2.30. The summed E-state index contributed by atoms with van der Waals surface area (Å²) in [6.07, 6.45) is 2.55. The van der Waals surface area contributed by atoms with E-state index < -0.39 is 47.0 Å². The van der Waals surface area contributed by atoms with Crippen LogP contribution in [0.4, 0.5) is 10.6 Å². The highest BCUT2D eigenvalue weighted by Crippen LogP contribution is 2.27. The van der Waals surface area contributed by atoms with E-state index in [1.807, 2.05) is 13.0 Å². The first-order chi connectivity index (χ1) is 20.6. The maximum absolute atomic E-state index is 13.8. The molecule has 240 valence electrons. The zero-order valence-corrected chi connectivity index (χ0v) is 27.0. The van der Waals surface area contributed by atoms with Gasteiger partial charge in [0.05, 0.1) is 18.9 Å². The number of anilines is 1. The number of amides is 3. The normalized spacial score (nSPS) is 13.5. The minimum Gasteiger partial charge on any atom is -0.465 e. The number of rotatable bonds is 14. The lowest BCUT2D eigenvalue weighted by molar-refractivity contribution is -0.144. The first kappa shape index (κ1) is 35.8. The van der Waals surface area contributed by atoms with Gasteiger partial charge in [-0.3, -0.25) is 19.3 Å². The van der Waals surface area contributed by atoms with E-state index in [0.717, 1.165) is 6.42 Å². The van der Waals surface area contributed by atoms with Crippen LogP contribution in [0, 0.1) is 17.2 Å². The van der Waals surface area contributed by atoms with Gasteiger partial charge in [-0.15, -0.1) is 0 Å². The van der Waals surface area contributed by atoms with Gasteiger partial charge in [-0.1, -0.05) is 43.7 Å². The predicted octanol–water partition coefficient (Wildman–Crippen LogP) is 4.58. The summed E-state index contributed by atoms with van der Waals surface area (Å²) >= 11 is 0. The fourth-order valence-corrected chi connectivity index (χ4v) is 4.43. The number of ether oxygens (including phenoxy) is 2. The first-order valence-electron chi connectivity index (χ1n) is 14.9. The summed E-state index contributed by atoms with van der Waals surface area (Å²) in [5.41, 5.74) is -1.48. The van der Waals surface area contributed by atoms with Crippen LogP contribution in [0.5, 0.6) is 0 Å². The van der Waals surface area contributed by atoms with Crippen LogP contribution in [0.3, 0.4) is 0 Å². The van der Waals surface area contributed by atoms with E-state index in [9.17, 15) is 24.4 Å². The molecular formula is C32H46N6O6. The molecule has 0 aliphatic carbocycles. The van der Waals surface area contributed by atoms with E-state index in [1.54, 1.807) is 52.0 Å². The van der Waals surface area contributed by atoms with Gasteiger partial charge in [0.25, 0.3) is 0 Å². The van der Waals surface area contributed by atoms with Crippen molar-refractivity contribution < 1.29 is 28.7 Å². The van der Waals surface area contributed by atoms with Crippen LogP contribution in [0.2, 0.25) is 0 Å². The number of esters is 1. The van der Waals surface area contributed by atoms with Crippen molar-refractivity contribution in [1.82, 2.24) is 20.6 Å². The van der Waals surface area contributed by atoms with E-state index in [2.05, 4.69) is 26.7 Å². The van der Waals surface area contributed by atoms with Crippen LogP contribution < -0.4 is 15.5 Å². The minimum absolute atomic E-state index is 0.161. The number of aromatic nitrogens is 2. The Kier molecular flexibility index (Phi) is 12.9. The van der Waals surface area contributed by atoms with Crippen LogP contribution in [0.1, 0.15) is 92.0 Å². The molecule has 0 spiro atoms. The van der Waals surface area contributed by atoms with Crippen molar-refractivity contribution >= 4 is 29.7 Å². The van der Waals surface area contributed by atoms with Gasteiger partial charge in [-0.25, -0.2) is 9.78 Å². The van der Waals surface area contributed by atoms with Gasteiger partial charge in [-0.05, 0) is 66.9 Å². The maximum Gasteiger partial charge on any atom is 0.408 e. The number of aromatic amines is 1. The number of nitrogens with zero attached hydrogens (tertiary/aromatic N) is 3. The molecule has 1 heterocycles. The van der Waals surface area contributed by atoms with E-state index in [0.29, 0.717) is 24.2 Å². The number of H-pyrrole nitrogens is 1. The zero-order chi connectivity index (χ0) is 33.1. The zero-order valence-electron chi connectivity index (χ0n) is 27.0. The summed E-state index contributed by atoms with van der Waals surface area (Å²) in [7, 11) is 0. The Hall–Kier alpha value is -4.40. The molecule has 0 aliphatic heterocycles. The standard InChI is InChI=1S/C32H46N6O6/c1-9-14-22(19-33)17-18-38(27(39)21(3)35-29(41)32(7,8)37-30(42)44-31(4,5)6)24-20-34-26(36-24)25(28(40)43-10-2)23-15-12-11-13-16-23/h11-13,15-16,20-22,25H,9-10,14,17-18H2,1-8H3,(H,34,36)(H,35,41)(H,37,42)/t21-,22?,25?/m1/s1. The Morgan fingerprint density at radius 2 is 1.73 bits per heavy atom. The molecule has 2 unspecified atom stereocenters. The molecule has 3 amide bonds. The van der Waals surface area contributed by atoms with Crippen molar-refractivity contribution in [2.45, 2.75) is 97.8 Å². The monoisotopic (exact) mass is 610 g/mol. The fraction of sp³-hybridized carbons (Fsp3) is 0.562. The third-order valence-corrected chi connectivity index (χ3v) is 6.69. The average Bonchev–Trinajstić information content (AvgIpc) is 3.40. The van der Waals surface area contributed by atoms with Gasteiger partial charge >= 0.3 is 12.1 Å². The smallest absolute Gasteiger partial charge is 0.408 e. The molecular weight excluding hydrogens is 564 g/mol. The number of nitriles is 1. The molecule has 0 radical (unpaired) electrons. The SMILES string of the molecule is CCCC(C#N)CCN(C(=O)[C@@H](C)NC(=O)C(C)(C)NC(=O)OC(C)(C)C)c1cnc(C(C(=O)OCC)c2ccccc2)[nH]1. The van der Waals surface area contributed by atoms with Crippen molar-refractivity contribution in [1.29, 1.82) is 5.26 Å². The number of benzene rings is 1. The van der Waals surface area contributed by atoms with Gasteiger partial charge in [0, 0.05) is 12.5 Å². The lowest BCUT2D eigenvalue weighted by Crippen LogP contribution is -2.59. The Bertz CT molecular complexity index is 1310. The van der Waals surface area contributed by atoms with E-state index in [1.165, 1.54) is 31.9 Å². The first-order valence-corrected chi connectivity index (χ1v) is 14.9. The Morgan fingerprint density at radius 1 is 1.07 bits per heavy atom. The number of nitrogens with one attached hydrogen (secondary N) is 3. The van der Waals surface area contributed by atoms with Crippen LogP contribution in [0.25, 0.3) is 0 Å². The molecule has 0 saturated carbocycles. The summed E-state index contributed by atoms with van der Waals surface area (Å²) in [6, 6.07) is 10.3. The molecule has 0 aliphatic rings. The van der Waals surface area contributed by atoms with Crippen molar-refractivity contribution in [2.75, 3.05) is 18.1 Å². The predicted molar refractivity (Wildman–Crippen MR) is 166 cm³/mol. The number of hydrogen-bond acceptors (Lipinski definition) is 8. The molecule has 1 aromatic heterocycles. The molecule has 2 rings (SSSR count). The van der Waals surface area contributed by atoms with Crippen LogP contribution >= 0.6 is 0 Å². The number of hydrogen-bond donors (Lipinski definition) is 3. The molecule has 44 heavy (non-hydrogen) atoms. The topological polar surface area (TPSA) is 167 Å². The lowest BCUT2D eigenvalue weighted by atomic mass is 9.98. The third kappa shape index (κ3) is 10.4. The molecule has 12 nitrogen and oxygen atoms in total. The summed E-state index contributed by atoms with van der Waals surface area (Å²) in [5.74, 6) is -2.11. The Labute approximate surface area is 259 Å². The quantitative estimate of drug-likeness (QED) is 0.262. The average molecular weight is 611 g/mol. The van der Waals surface area contributed by atoms with Gasteiger partial charge in [0.2, 0.25) is 11.8 Å². The molecule has 1 aromatic carbocycles. The van der Waals surface area contributed by atoms with E-state index in [4.69, 9.17) is 9.47 Å². The Balaban J connectivity index is 2.36. The summed E-state index contributed by atoms with van der Waals surface area (Å²) in [6.45, 7) is 13.7. The summed E-state index contributed by atoms with van der Waals surface area (Å²) in [4.78, 5) is 61.3. The van der Waals surface area contributed by atoms with Crippen molar-refractivity contribution in [3.63, 3.8) is 0 Å². The molecule has 0 bridgehead atoms. The van der Waals surface area contributed by atoms with Gasteiger partial charge in [0.1, 0.15) is 34.7 Å². The van der Waals surface area contributed by atoms with Crippen LogP contribution in [-0.4, -0.2) is 64.2 Å². The molecule has 0 saturated heterocycles. The van der Waals surface area contributed by atoms with Crippen molar-refractivity contribution in [3.05, 3.63) is 47.9 Å². The van der Waals surface area contributed by atoms with Crippen LogP contribution in [0.15, 0.2) is 36.5 Å². The molecule has 3 atom stereocenters. The number of carbonyl (C=O) groups excluding carboxylic acids is 4. The van der Waals surface area contributed by atoms with Crippen LogP contribution in [-0.2, 0) is 23.9 Å². The molecule has 12 heteroatoms. The molecule has 2 aromatic rings. The number of carbonyl (C=O) groups is 4. The Morgan fingerprint density at radius 3 is 2.30 bits per heavy atom. The highest BCUT2D eigenvalue weighted by atomic mass is 16.6. The van der Waals surface area contributed by atoms with Crippen molar-refractivity contribution in [3.8, 4) is 6.07 Å². The number of imidazole rings is 1. The highest BCUT2D eigenvalue weighted by molar-refractivity contribution is 6.00. The minimum atomic E-state index is -1.39. The molecule has 0 fully saturated rings. The van der Waals surface area contributed by atoms with Gasteiger partial charge in [-0.2, -0.15) is 5.26 Å². The molecule has 3 N–H and O–H groups in total. The second-order valence-corrected chi connectivity index (χ2v) is 12.1. The van der Waals surface area contributed by atoms with Gasteiger partial charge < -0.3 is 25.1 Å². The van der Waals surface area contributed by atoms with E-state index in [-0.39, 0.29) is 24.9 Å². The second-order valence-electron chi connectivity index (χ2n) is 12.1. The largest absolute Gasteiger partial charge is 0.465 e. The summed E-state index contributed by atoms with van der Waals surface area (Å²) in [5, 5.41) is 14.8. The second kappa shape index (κ2) is 15.9.